The van der Waals surface area contributed by atoms with Crippen LogP contribution < -0.4 is 15.0 Å². The normalized spacial score (nSPS) is 13.5. The molecule has 5 rings (SSSR count). The van der Waals surface area contributed by atoms with Crippen LogP contribution in [0, 0.1) is 6.92 Å². The van der Waals surface area contributed by atoms with Gasteiger partial charge < -0.3 is 24.4 Å². The molecule has 0 saturated carbocycles. The van der Waals surface area contributed by atoms with Crippen molar-refractivity contribution in [3.05, 3.63) is 90.4 Å². The molecule has 4 aromatic rings. The standard InChI is InChI=1S/C27H28N6O2/c1-20-19-25(29-22-7-11-24(35-2)12-8-22)30-27(28-20)33-17-15-32(16-18-33)26(34)21-5-9-23(10-6-21)31-13-3-4-14-31/h3-14,19H,15-18H2,1-2H3,(H,28,29,30). The largest absolute Gasteiger partial charge is 0.497 e. The third kappa shape index (κ3) is 5.11. The van der Waals surface area contributed by atoms with Crippen LogP contribution in [0.1, 0.15) is 16.1 Å². The number of nitrogens with one attached hydrogen (secondary N) is 1. The third-order valence-corrected chi connectivity index (χ3v) is 6.07. The second-order valence-corrected chi connectivity index (χ2v) is 8.46. The minimum Gasteiger partial charge on any atom is -0.497 e. The summed E-state index contributed by atoms with van der Waals surface area (Å²) in [5, 5.41) is 3.34. The summed E-state index contributed by atoms with van der Waals surface area (Å²) in [6.45, 7) is 4.56. The molecule has 2 aromatic heterocycles. The number of amides is 1. The minimum absolute atomic E-state index is 0.0516. The van der Waals surface area contributed by atoms with Gasteiger partial charge in [-0.1, -0.05) is 0 Å². The molecule has 178 valence electrons. The molecule has 1 amide bonds. The molecule has 0 bridgehead atoms. The molecule has 1 saturated heterocycles. The van der Waals surface area contributed by atoms with E-state index in [0.717, 1.165) is 28.6 Å². The highest BCUT2D eigenvalue weighted by Crippen LogP contribution is 2.22. The van der Waals surface area contributed by atoms with E-state index in [1.54, 1.807) is 7.11 Å². The number of carbonyl (C=O) groups is 1. The van der Waals surface area contributed by atoms with Crippen molar-refractivity contribution in [2.45, 2.75) is 6.92 Å². The number of nitrogens with zero attached hydrogens (tertiary/aromatic N) is 5. The van der Waals surface area contributed by atoms with Crippen LogP contribution >= 0.6 is 0 Å². The number of methoxy groups -OCH3 is 1. The first-order valence-corrected chi connectivity index (χ1v) is 11.6. The minimum atomic E-state index is 0.0516. The lowest BCUT2D eigenvalue weighted by molar-refractivity contribution is 0.0746. The number of rotatable bonds is 6. The van der Waals surface area contributed by atoms with E-state index >= 15 is 0 Å². The number of piperazine rings is 1. The summed E-state index contributed by atoms with van der Waals surface area (Å²) in [5.41, 5.74) is 3.54. The van der Waals surface area contributed by atoms with E-state index in [1.165, 1.54) is 0 Å². The quantitative estimate of drug-likeness (QED) is 0.455. The van der Waals surface area contributed by atoms with Gasteiger partial charge in [-0.3, -0.25) is 4.79 Å². The summed E-state index contributed by atoms with van der Waals surface area (Å²) in [6.07, 6.45) is 3.97. The smallest absolute Gasteiger partial charge is 0.253 e. The molecule has 0 unspecified atom stereocenters. The van der Waals surface area contributed by atoms with Crippen molar-refractivity contribution in [3.63, 3.8) is 0 Å². The van der Waals surface area contributed by atoms with Crippen LogP contribution in [-0.2, 0) is 0 Å². The van der Waals surface area contributed by atoms with Gasteiger partial charge in [-0.05, 0) is 67.6 Å². The van der Waals surface area contributed by atoms with Crippen molar-refractivity contribution in [2.75, 3.05) is 43.5 Å². The van der Waals surface area contributed by atoms with Gasteiger partial charge >= 0.3 is 0 Å². The first-order valence-electron chi connectivity index (χ1n) is 11.6. The first-order chi connectivity index (χ1) is 17.1. The van der Waals surface area contributed by atoms with Crippen molar-refractivity contribution in [1.29, 1.82) is 0 Å². The Bertz CT molecular complexity index is 1280. The summed E-state index contributed by atoms with van der Waals surface area (Å²) in [4.78, 5) is 26.4. The monoisotopic (exact) mass is 468 g/mol. The summed E-state index contributed by atoms with van der Waals surface area (Å²) >= 11 is 0. The number of carbonyl (C=O) groups excluding carboxylic acids is 1. The highest BCUT2D eigenvalue weighted by Gasteiger charge is 2.24. The van der Waals surface area contributed by atoms with Gasteiger partial charge in [-0.15, -0.1) is 0 Å². The van der Waals surface area contributed by atoms with E-state index in [9.17, 15) is 4.79 Å². The zero-order valence-corrected chi connectivity index (χ0v) is 19.9. The van der Waals surface area contributed by atoms with Crippen molar-refractivity contribution in [3.8, 4) is 11.4 Å². The molecule has 0 radical (unpaired) electrons. The Hall–Kier alpha value is -4.33. The second kappa shape index (κ2) is 9.89. The Balaban J connectivity index is 1.22. The summed E-state index contributed by atoms with van der Waals surface area (Å²) in [7, 11) is 1.65. The molecule has 0 atom stereocenters. The zero-order valence-electron chi connectivity index (χ0n) is 19.9. The van der Waals surface area contributed by atoms with Crippen LogP contribution in [-0.4, -0.2) is 58.6 Å². The van der Waals surface area contributed by atoms with Crippen molar-refractivity contribution >= 4 is 23.4 Å². The zero-order chi connectivity index (χ0) is 24.2. The maximum atomic E-state index is 13.0. The maximum absolute atomic E-state index is 13.0. The van der Waals surface area contributed by atoms with Gasteiger partial charge in [0.15, 0.2) is 0 Å². The fourth-order valence-electron chi connectivity index (χ4n) is 4.16. The summed E-state index contributed by atoms with van der Waals surface area (Å²) in [6, 6.07) is 21.3. The predicted octanol–water partition coefficient (Wildman–Crippen LogP) is 4.29. The number of aromatic nitrogens is 3. The van der Waals surface area contributed by atoms with Crippen molar-refractivity contribution in [1.82, 2.24) is 19.4 Å². The van der Waals surface area contributed by atoms with Crippen LogP contribution in [0.15, 0.2) is 79.1 Å². The van der Waals surface area contributed by atoms with Crippen LogP contribution in [0.5, 0.6) is 5.75 Å². The topological polar surface area (TPSA) is 75.5 Å². The summed E-state index contributed by atoms with van der Waals surface area (Å²) < 4.78 is 7.24. The molecule has 8 heteroatoms. The molecule has 1 aliphatic rings. The number of hydrogen-bond acceptors (Lipinski definition) is 6. The number of aryl methyl sites for hydroxylation is 1. The molecular formula is C27H28N6O2. The van der Waals surface area contributed by atoms with E-state index in [0.29, 0.717) is 37.7 Å². The van der Waals surface area contributed by atoms with Gasteiger partial charge in [0.1, 0.15) is 11.6 Å². The van der Waals surface area contributed by atoms with E-state index < -0.39 is 0 Å². The third-order valence-electron chi connectivity index (χ3n) is 6.07. The molecule has 35 heavy (non-hydrogen) atoms. The van der Waals surface area contributed by atoms with E-state index in [1.807, 2.05) is 95.5 Å². The fourth-order valence-corrected chi connectivity index (χ4v) is 4.16. The predicted molar refractivity (Wildman–Crippen MR) is 137 cm³/mol. The van der Waals surface area contributed by atoms with Gasteiger partial charge in [0.25, 0.3) is 5.91 Å². The lowest BCUT2D eigenvalue weighted by Gasteiger charge is -2.35. The lowest BCUT2D eigenvalue weighted by Crippen LogP contribution is -2.49. The van der Waals surface area contributed by atoms with E-state index in [-0.39, 0.29) is 5.91 Å². The Morgan fingerprint density at radius 2 is 1.60 bits per heavy atom. The number of benzene rings is 2. The Morgan fingerprint density at radius 3 is 2.26 bits per heavy atom. The molecular weight excluding hydrogens is 440 g/mol. The average Bonchev–Trinajstić information content (AvgIpc) is 3.44. The van der Waals surface area contributed by atoms with Gasteiger partial charge in [-0.25, -0.2) is 4.98 Å². The van der Waals surface area contributed by atoms with Crippen molar-refractivity contribution < 1.29 is 9.53 Å². The first kappa shape index (κ1) is 22.5. The SMILES string of the molecule is COc1ccc(Nc2cc(C)nc(N3CCN(C(=O)c4ccc(-n5cccc5)cc4)CC3)n2)cc1. The Labute approximate surface area is 204 Å². The molecule has 1 aliphatic heterocycles. The number of hydrogen-bond donors (Lipinski definition) is 1. The number of ether oxygens (including phenoxy) is 1. The van der Waals surface area contributed by atoms with E-state index in [4.69, 9.17) is 9.72 Å². The highest BCUT2D eigenvalue weighted by molar-refractivity contribution is 5.94. The van der Waals surface area contributed by atoms with Gasteiger partial charge in [-0.2, -0.15) is 4.98 Å². The Kier molecular flexibility index (Phi) is 6.34. The maximum Gasteiger partial charge on any atom is 0.253 e. The van der Waals surface area contributed by atoms with Gasteiger partial charge in [0.2, 0.25) is 5.95 Å². The highest BCUT2D eigenvalue weighted by atomic mass is 16.5. The molecule has 0 aliphatic carbocycles. The Morgan fingerprint density at radius 1 is 0.914 bits per heavy atom. The average molecular weight is 469 g/mol. The van der Waals surface area contributed by atoms with Crippen LogP contribution in [0.2, 0.25) is 0 Å². The van der Waals surface area contributed by atoms with Crippen LogP contribution in [0.3, 0.4) is 0 Å². The van der Waals surface area contributed by atoms with E-state index in [2.05, 4.69) is 15.2 Å². The molecule has 1 fully saturated rings. The van der Waals surface area contributed by atoms with Crippen LogP contribution in [0.4, 0.5) is 17.5 Å². The molecule has 2 aromatic carbocycles. The molecule has 3 heterocycles. The lowest BCUT2D eigenvalue weighted by atomic mass is 10.1. The summed E-state index contributed by atoms with van der Waals surface area (Å²) in [5.74, 6) is 2.26. The fraction of sp³-hybridized carbons (Fsp3) is 0.222. The molecule has 1 N–H and O–H groups in total. The van der Waals surface area contributed by atoms with Gasteiger partial charge in [0, 0.05) is 67.3 Å². The van der Waals surface area contributed by atoms with Crippen molar-refractivity contribution in [2.24, 2.45) is 0 Å². The molecule has 0 spiro atoms. The van der Waals surface area contributed by atoms with Crippen LogP contribution in [0.25, 0.3) is 5.69 Å². The second-order valence-electron chi connectivity index (χ2n) is 8.46. The number of anilines is 3. The molecule has 8 nitrogen and oxygen atoms in total. The van der Waals surface area contributed by atoms with Gasteiger partial charge in [0.05, 0.1) is 7.11 Å².